The molecule has 0 aliphatic heterocycles. The molecule has 1 atom stereocenters. The largest absolute Gasteiger partial charge is 0.376 e. The Morgan fingerprint density at radius 2 is 2.11 bits per heavy atom. The predicted molar refractivity (Wildman–Crippen MR) is 71.5 cm³/mol. The van der Waals surface area contributed by atoms with E-state index in [0.29, 0.717) is 0 Å². The van der Waals surface area contributed by atoms with E-state index < -0.39 is 5.82 Å². The van der Waals surface area contributed by atoms with E-state index in [1.54, 1.807) is 6.07 Å². The standard InChI is InChI=1S/C13H15ClFN3/c1-7(10-4-5-11(14)12(15)6-10)16-13-8(2)17-18-9(13)3/h4-7,16H,1-3H3,(H,17,18). The van der Waals surface area contributed by atoms with Crippen LogP contribution < -0.4 is 5.32 Å². The smallest absolute Gasteiger partial charge is 0.142 e. The van der Waals surface area contributed by atoms with Crippen molar-refractivity contribution in [3.05, 3.63) is 46.0 Å². The van der Waals surface area contributed by atoms with Gasteiger partial charge in [-0.3, -0.25) is 5.10 Å². The molecule has 18 heavy (non-hydrogen) atoms. The van der Waals surface area contributed by atoms with Crippen molar-refractivity contribution in [3.63, 3.8) is 0 Å². The van der Waals surface area contributed by atoms with E-state index in [1.165, 1.54) is 6.07 Å². The second kappa shape index (κ2) is 4.98. The summed E-state index contributed by atoms with van der Waals surface area (Å²) in [5, 5.41) is 10.5. The molecule has 96 valence electrons. The van der Waals surface area contributed by atoms with Crippen LogP contribution in [-0.2, 0) is 0 Å². The lowest BCUT2D eigenvalue weighted by atomic mass is 10.1. The lowest BCUT2D eigenvalue weighted by molar-refractivity contribution is 0.624. The molecular formula is C13H15ClFN3. The number of benzene rings is 1. The molecule has 1 aromatic carbocycles. The third-order valence-corrected chi connectivity index (χ3v) is 3.24. The van der Waals surface area contributed by atoms with Gasteiger partial charge in [0.1, 0.15) is 5.82 Å². The molecule has 1 heterocycles. The molecule has 1 unspecified atom stereocenters. The minimum Gasteiger partial charge on any atom is -0.376 e. The molecule has 1 aromatic heterocycles. The highest BCUT2D eigenvalue weighted by Crippen LogP contribution is 2.25. The Morgan fingerprint density at radius 3 is 2.67 bits per heavy atom. The van der Waals surface area contributed by atoms with E-state index in [-0.39, 0.29) is 11.1 Å². The summed E-state index contributed by atoms with van der Waals surface area (Å²) in [6.45, 7) is 5.83. The first-order valence-corrected chi connectivity index (χ1v) is 6.10. The zero-order valence-electron chi connectivity index (χ0n) is 10.5. The van der Waals surface area contributed by atoms with Crippen molar-refractivity contribution in [3.8, 4) is 0 Å². The highest BCUT2D eigenvalue weighted by atomic mass is 35.5. The van der Waals surface area contributed by atoms with Crippen molar-refractivity contribution in [1.82, 2.24) is 10.2 Å². The summed E-state index contributed by atoms with van der Waals surface area (Å²) in [4.78, 5) is 0. The zero-order chi connectivity index (χ0) is 13.3. The Labute approximate surface area is 110 Å². The molecule has 2 N–H and O–H groups in total. The number of H-pyrrole nitrogens is 1. The molecule has 5 heteroatoms. The molecular weight excluding hydrogens is 253 g/mol. The van der Waals surface area contributed by atoms with Crippen LogP contribution in [0.15, 0.2) is 18.2 Å². The fraction of sp³-hybridized carbons (Fsp3) is 0.308. The van der Waals surface area contributed by atoms with Crippen molar-refractivity contribution < 1.29 is 4.39 Å². The van der Waals surface area contributed by atoms with Crippen molar-refractivity contribution in [1.29, 1.82) is 0 Å². The maximum absolute atomic E-state index is 13.4. The average molecular weight is 268 g/mol. The Morgan fingerprint density at radius 1 is 1.39 bits per heavy atom. The molecule has 0 saturated heterocycles. The van der Waals surface area contributed by atoms with Crippen molar-refractivity contribution in [2.45, 2.75) is 26.8 Å². The van der Waals surface area contributed by atoms with Gasteiger partial charge in [-0.15, -0.1) is 0 Å². The Kier molecular flexibility index (Phi) is 3.57. The number of aryl methyl sites for hydroxylation is 2. The number of nitrogens with zero attached hydrogens (tertiary/aromatic N) is 1. The molecule has 0 bridgehead atoms. The van der Waals surface area contributed by atoms with Gasteiger partial charge in [0.15, 0.2) is 0 Å². The number of rotatable bonds is 3. The van der Waals surface area contributed by atoms with Gasteiger partial charge in [0, 0.05) is 6.04 Å². The highest BCUT2D eigenvalue weighted by Gasteiger charge is 2.12. The summed E-state index contributed by atoms with van der Waals surface area (Å²) >= 11 is 5.67. The summed E-state index contributed by atoms with van der Waals surface area (Å²) in [6.07, 6.45) is 0. The van der Waals surface area contributed by atoms with Crippen molar-refractivity contribution in [2.24, 2.45) is 0 Å². The van der Waals surface area contributed by atoms with Crippen LogP contribution in [0.25, 0.3) is 0 Å². The number of hydrogen-bond donors (Lipinski definition) is 2. The Hall–Kier alpha value is -1.55. The topological polar surface area (TPSA) is 40.7 Å². The molecule has 3 nitrogen and oxygen atoms in total. The molecule has 2 aromatic rings. The lowest BCUT2D eigenvalue weighted by Crippen LogP contribution is -2.08. The summed E-state index contributed by atoms with van der Waals surface area (Å²) in [6, 6.07) is 4.81. The van der Waals surface area contributed by atoms with Gasteiger partial charge in [0.25, 0.3) is 0 Å². The number of anilines is 1. The molecule has 0 fully saturated rings. The minimum absolute atomic E-state index is 0.0215. The number of aromatic amines is 1. The first-order chi connectivity index (χ1) is 8.49. The third-order valence-electron chi connectivity index (χ3n) is 2.93. The van der Waals surface area contributed by atoms with Gasteiger partial charge in [-0.2, -0.15) is 5.10 Å². The SMILES string of the molecule is Cc1n[nH]c(C)c1NC(C)c1ccc(Cl)c(F)c1. The second-order valence-corrected chi connectivity index (χ2v) is 4.76. The summed E-state index contributed by atoms with van der Waals surface area (Å²) in [7, 11) is 0. The van der Waals surface area contributed by atoms with Gasteiger partial charge in [-0.05, 0) is 38.5 Å². The van der Waals surface area contributed by atoms with Crippen LogP contribution in [0.5, 0.6) is 0 Å². The zero-order valence-corrected chi connectivity index (χ0v) is 11.3. The highest BCUT2D eigenvalue weighted by molar-refractivity contribution is 6.30. The van der Waals surface area contributed by atoms with Gasteiger partial charge < -0.3 is 5.32 Å². The Balaban J connectivity index is 2.22. The first-order valence-electron chi connectivity index (χ1n) is 5.72. The summed E-state index contributed by atoms with van der Waals surface area (Å²) in [5.74, 6) is -0.400. The van der Waals surface area contributed by atoms with Crippen LogP contribution in [-0.4, -0.2) is 10.2 Å². The molecule has 2 rings (SSSR count). The van der Waals surface area contributed by atoms with E-state index in [2.05, 4.69) is 15.5 Å². The lowest BCUT2D eigenvalue weighted by Gasteiger charge is -2.16. The van der Waals surface area contributed by atoms with Crippen molar-refractivity contribution >= 4 is 17.3 Å². The molecule has 0 spiro atoms. The van der Waals surface area contributed by atoms with Gasteiger partial charge >= 0.3 is 0 Å². The summed E-state index contributed by atoms with van der Waals surface area (Å²) < 4.78 is 13.4. The minimum atomic E-state index is -0.400. The maximum Gasteiger partial charge on any atom is 0.142 e. The van der Waals surface area contributed by atoms with Crippen LogP contribution in [0.2, 0.25) is 5.02 Å². The van der Waals surface area contributed by atoms with Gasteiger partial charge in [-0.1, -0.05) is 17.7 Å². The van der Waals surface area contributed by atoms with Gasteiger partial charge in [0.2, 0.25) is 0 Å². The first kappa shape index (κ1) is 12.9. The second-order valence-electron chi connectivity index (χ2n) is 4.35. The molecule has 0 amide bonds. The number of halogens is 2. The quantitative estimate of drug-likeness (QED) is 0.883. The third kappa shape index (κ3) is 2.48. The average Bonchev–Trinajstić information content (AvgIpc) is 2.64. The van der Waals surface area contributed by atoms with E-state index in [0.717, 1.165) is 22.6 Å². The molecule has 0 radical (unpaired) electrons. The summed E-state index contributed by atoms with van der Waals surface area (Å²) in [5.41, 5.74) is 3.66. The molecule has 0 saturated carbocycles. The van der Waals surface area contributed by atoms with E-state index in [1.807, 2.05) is 26.8 Å². The normalized spacial score (nSPS) is 12.5. The maximum atomic E-state index is 13.4. The Bertz CT molecular complexity index is 546. The van der Waals surface area contributed by atoms with Crippen LogP contribution in [0.1, 0.15) is 29.9 Å². The monoisotopic (exact) mass is 267 g/mol. The predicted octanol–water partition coefficient (Wildman–Crippen LogP) is 3.99. The van der Waals surface area contributed by atoms with E-state index in [4.69, 9.17) is 11.6 Å². The van der Waals surface area contributed by atoms with Crippen molar-refractivity contribution in [2.75, 3.05) is 5.32 Å². The number of aromatic nitrogens is 2. The fourth-order valence-corrected chi connectivity index (χ4v) is 1.96. The molecule has 0 aliphatic rings. The molecule has 0 aliphatic carbocycles. The van der Waals surface area contributed by atoms with Crippen LogP contribution >= 0.6 is 11.6 Å². The van der Waals surface area contributed by atoms with E-state index in [9.17, 15) is 4.39 Å². The van der Waals surface area contributed by atoms with Crippen LogP contribution in [0.4, 0.5) is 10.1 Å². The van der Waals surface area contributed by atoms with Crippen LogP contribution in [0, 0.1) is 19.7 Å². The number of hydrogen-bond acceptors (Lipinski definition) is 2. The number of nitrogens with one attached hydrogen (secondary N) is 2. The van der Waals surface area contributed by atoms with E-state index >= 15 is 0 Å². The van der Waals surface area contributed by atoms with Gasteiger partial charge in [-0.25, -0.2) is 4.39 Å². The fourth-order valence-electron chi connectivity index (χ4n) is 1.85. The van der Waals surface area contributed by atoms with Gasteiger partial charge in [0.05, 0.1) is 22.1 Å². The van der Waals surface area contributed by atoms with Crippen LogP contribution in [0.3, 0.4) is 0 Å².